The predicted molar refractivity (Wildman–Crippen MR) is 105 cm³/mol. The van der Waals surface area contributed by atoms with Crippen molar-refractivity contribution in [3.63, 3.8) is 0 Å². The van der Waals surface area contributed by atoms with Gasteiger partial charge in [-0.25, -0.2) is 0 Å². The molecule has 0 radical (unpaired) electrons. The molecular weight excluding hydrogens is 385 g/mol. The van der Waals surface area contributed by atoms with E-state index in [1.165, 1.54) is 0 Å². The summed E-state index contributed by atoms with van der Waals surface area (Å²) in [6, 6.07) is 14.4. The van der Waals surface area contributed by atoms with Crippen LogP contribution in [0.15, 0.2) is 48.5 Å². The number of rotatable bonds is 5. The molecule has 3 atom stereocenters. The molecule has 2 aromatic carbocycles. The molecule has 1 saturated carbocycles. The molecule has 27 heavy (non-hydrogen) atoms. The molecule has 1 N–H and O–H groups in total. The highest BCUT2D eigenvalue weighted by atomic mass is 35.5. The molecule has 4 rings (SSSR count). The van der Waals surface area contributed by atoms with Crippen LogP contribution in [0.5, 0.6) is 0 Å². The summed E-state index contributed by atoms with van der Waals surface area (Å²) in [6.07, 6.45) is 1.70. The zero-order valence-electron chi connectivity index (χ0n) is 14.7. The maximum absolute atomic E-state index is 12.9. The second-order valence-electron chi connectivity index (χ2n) is 7.17. The number of carbonyl (C=O) groups excluding carboxylic acids is 1. The fraction of sp³-hybridized carbons (Fsp3) is 0.381. The Hall–Kier alpha value is -1.59. The molecule has 1 heterocycles. The third-order valence-corrected chi connectivity index (χ3v) is 5.85. The van der Waals surface area contributed by atoms with Crippen LogP contribution in [-0.2, 0) is 9.53 Å². The lowest BCUT2D eigenvalue weighted by Crippen LogP contribution is -2.52. The standard InChI is InChI=1S/C21H21Cl2NO3/c22-16-8-6-14(7-9-16)20-21(15-2-1-3-17(23)10-15)27-12-19(26)24(20)18(11-25)13-4-5-13/h1-3,6-10,13,18,20-21,25H,4-5,11-12H2/t18?,20-,21-/m1/s1. The quantitative estimate of drug-likeness (QED) is 0.801. The Morgan fingerprint density at radius 1 is 1.07 bits per heavy atom. The average molecular weight is 406 g/mol. The molecule has 1 amide bonds. The van der Waals surface area contributed by atoms with E-state index in [4.69, 9.17) is 27.9 Å². The first-order valence-electron chi connectivity index (χ1n) is 9.13. The summed E-state index contributed by atoms with van der Waals surface area (Å²) in [4.78, 5) is 14.7. The number of halogens is 2. The van der Waals surface area contributed by atoms with Gasteiger partial charge in [0.1, 0.15) is 12.7 Å². The van der Waals surface area contributed by atoms with Gasteiger partial charge in [-0.05, 0) is 54.2 Å². The van der Waals surface area contributed by atoms with Crippen molar-refractivity contribution in [1.29, 1.82) is 0 Å². The summed E-state index contributed by atoms with van der Waals surface area (Å²) in [5, 5.41) is 11.3. The third kappa shape index (κ3) is 3.85. The SMILES string of the molecule is O=C1CO[C@H](c2cccc(Cl)c2)[C@@H](c2ccc(Cl)cc2)N1C(CO)C1CC1. The minimum Gasteiger partial charge on any atom is -0.394 e. The van der Waals surface area contributed by atoms with Gasteiger partial charge in [0.15, 0.2) is 0 Å². The Balaban J connectivity index is 1.79. The van der Waals surface area contributed by atoms with Gasteiger partial charge in [0, 0.05) is 10.0 Å². The van der Waals surface area contributed by atoms with Crippen LogP contribution in [0, 0.1) is 5.92 Å². The van der Waals surface area contributed by atoms with Crippen LogP contribution in [0.3, 0.4) is 0 Å². The number of aliphatic hydroxyl groups excluding tert-OH is 1. The van der Waals surface area contributed by atoms with Crippen LogP contribution in [0.4, 0.5) is 0 Å². The molecule has 0 spiro atoms. The second-order valence-corrected chi connectivity index (χ2v) is 8.04. The van der Waals surface area contributed by atoms with Gasteiger partial charge in [-0.15, -0.1) is 0 Å². The van der Waals surface area contributed by atoms with E-state index in [1.807, 2.05) is 53.4 Å². The molecule has 2 fully saturated rings. The van der Waals surface area contributed by atoms with Crippen LogP contribution in [-0.4, -0.2) is 35.2 Å². The van der Waals surface area contributed by atoms with Gasteiger partial charge in [-0.1, -0.05) is 47.5 Å². The number of hydrogen-bond donors (Lipinski definition) is 1. The molecule has 1 saturated heterocycles. The highest BCUT2D eigenvalue weighted by Gasteiger charge is 2.46. The Kier molecular flexibility index (Phi) is 5.42. The molecule has 1 aliphatic carbocycles. The summed E-state index contributed by atoms with van der Waals surface area (Å²) in [5.41, 5.74) is 1.84. The molecule has 4 nitrogen and oxygen atoms in total. The number of hydrogen-bond acceptors (Lipinski definition) is 3. The van der Waals surface area contributed by atoms with Crippen LogP contribution >= 0.6 is 23.2 Å². The van der Waals surface area contributed by atoms with Crippen molar-refractivity contribution in [2.45, 2.75) is 31.0 Å². The van der Waals surface area contributed by atoms with Crippen LogP contribution in [0.1, 0.15) is 36.1 Å². The number of carbonyl (C=O) groups is 1. The van der Waals surface area contributed by atoms with E-state index in [-0.39, 0.29) is 37.3 Å². The lowest BCUT2D eigenvalue weighted by atomic mass is 9.91. The topological polar surface area (TPSA) is 49.8 Å². The Bertz CT molecular complexity index is 822. The van der Waals surface area contributed by atoms with E-state index in [1.54, 1.807) is 0 Å². The van der Waals surface area contributed by atoms with Gasteiger partial charge in [-0.3, -0.25) is 4.79 Å². The van der Waals surface area contributed by atoms with E-state index in [2.05, 4.69) is 0 Å². The van der Waals surface area contributed by atoms with Gasteiger partial charge in [0.25, 0.3) is 0 Å². The predicted octanol–water partition coefficient (Wildman–Crippen LogP) is 4.41. The minimum atomic E-state index is -0.365. The van der Waals surface area contributed by atoms with Crippen LogP contribution in [0.2, 0.25) is 10.0 Å². The normalized spacial score (nSPS) is 24.1. The van der Waals surface area contributed by atoms with Crippen LogP contribution < -0.4 is 0 Å². The maximum atomic E-state index is 12.9. The molecule has 2 aliphatic rings. The summed E-state index contributed by atoms with van der Waals surface area (Å²) < 4.78 is 5.99. The monoisotopic (exact) mass is 405 g/mol. The van der Waals surface area contributed by atoms with Crippen LogP contribution in [0.25, 0.3) is 0 Å². The Morgan fingerprint density at radius 3 is 2.44 bits per heavy atom. The molecule has 1 aliphatic heterocycles. The molecule has 6 heteroatoms. The number of nitrogens with zero attached hydrogens (tertiary/aromatic N) is 1. The first kappa shape index (κ1) is 18.8. The summed E-state index contributed by atoms with van der Waals surface area (Å²) in [6.45, 7) is -0.0622. The number of aliphatic hydroxyl groups is 1. The van der Waals surface area contributed by atoms with E-state index >= 15 is 0 Å². The summed E-state index contributed by atoms with van der Waals surface area (Å²) in [5.74, 6) is 0.242. The second kappa shape index (κ2) is 7.80. The molecule has 1 unspecified atom stereocenters. The number of ether oxygens (including phenoxy) is 1. The lowest BCUT2D eigenvalue weighted by Gasteiger charge is -2.45. The first-order valence-corrected chi connectivity index (χ1v) is 9.88. The average Bonchev–Trinajstić information content (AvgIpc) is 3.49. The van der Waals surface area contributed by atoms with Crippen molar-refractivity contribution >= 4 is 29.1 Å². The lowest BCUT2D eigenvalue weighted by molar-refractivity contribution is -0.165. The van der Waals surface area contributed by atoms with Gasteiger partial charge in [-0.2, -0.15) is 0 Å². The largest absolute Gasteiger partial charge is 0.394 e. The third-order valence-electron chi connectivity index (χ3n) is 5.36. The van der Waals surface area contributed by atoms with Gasteiger partial charge < -0.3 is 14.7 Å². The first-order chi connectivity index (χ1) is 13.1. The molecule has 142 valence electrons. The molecule has 0 bridgehead atoms. The highest BCUT2D eigenvalue weighted by Crippen LogP contribution is 2.46. The highest BCUT2D eigenvalue weighted by molar-refractivity contribution is 6.30. The van der Waals surface area contributed by atoms with Crippen molar-refractivity contribution in [1.82, 2.24) is 4.90 Å². The van der Waals surface area contributed by atoms with E-state index in [0.29, 0.717) is 16.0 Å². The minimum absolute atomic E-state index is 0.00943. The Morgan fingerprint density at radius 2 is 1.81 bits per heavy atom. The van der Waals surface area contributed by atoms with Gasteiger partial charge >= 0.3 is 0 Å². The zero-order valence-corrected chi connectivity index (χ0v) is 16.2. The zero-order chi connectivity index (χ0) is 19.0. The van der Waals surface area contributed by atoms with Crippen molar-refractivity contribution in [3.05, 3.63) is 69.7 Å². The van der Waals surface area contributed by atoms with Crippen molar-refractivity contribution in [3.8, 4) is 0 Å². The summed E-state index contributed by atoms with van der Waals surface area (Å²) in [7, 11) is 0. The fourth-order valence-corrected chi connectivity index (χ4v) is 4.25. The van der Waals surface area contributed by atoms with Crippen molar-refractivity contribution in [2.24, 2.45) is 5.92 Å². The number of benzene rings is 2. The van der Waals surface area contributed by atoms with Gasteiger partial charge in [0.05, 0.1) is 18.7 Å². The van der Waals surface area contributed by atoms with Gasteiger partial charge in [0.2, 0.25) is 5.91 Å². The van der Waals surface area contributed by atoms with Crippen molar-refractivity contribution < 1.29 is 14.6 Å². The number of morpholine rings is 1. The summed E-state index contributed by atoms with van der Waals surface area (Å²) >= 11 is 12.3. The molecule has 2 aromatic rings. The molecule has 0 aromatic heterocycles. The van der Waals surface area contributed by atoms with E-state index in [0.717, 1.165) is 24.0 Å². The van der Waals surface area contributed by atoms with E-state index in [9.17, 15) is 9.90 Å². The number of amides is 1. The van der Waals surface area contributed by atoms with Crippen molar-refractivity contribution in [2.75, 3.05) is 13.2 Å². The maximum Gasteiger partial charge on any atom is 0.249 e. The fourth-order valence-electron chi connectivity index (χ4n) is 3.92. The molecular formula is C21H21Cl2NO3. The Labute approximate surface area is 168 Å². The van der Waals surface area contributed by atoms with E-state index < -0.39 is 0 Å². The smallest absolute Gasteiger partial charge is 0.249 e.